The van der Waals surface area contributed by atoms with Crippen molar-refractivity contribution in [3.8, 4) is 0 Å². The second kappa shape index (κ2) is 6.74. The van der Waals surface area contributed by atoms with Gasteiger partial charge >= 0.3 is 23.9 Å². The van der Waals surface area contributed by atoms with Crippen molar-refractivity contribution in [1.82, 2.24) is 0 Å². The average Bonchev–Trinajstić information content (AvgIpc) is 2.98. The van der Waals surface area contributed by atoms with E-state index >= 15 is 0 Å². The lowest BCUT2D eigenvalue weighted by Crippen LogP contribution is -2.39. The summed E-state index contributed by atoms with van der Waals surface area (Å²) in [6.45, 7) is 4.57. The molecule has 25 heavy (non-hydrogen) atoms. The first-order valence-corrected chi connectivity index (χ1v) is 8.51. The van der Waals surface area contributed by atoms with E-state index in [1.54, 1.807) is 0 Å². The van der Waals surface area contributed by atoms with E-state index in [4.69, 9.17) is 18.9 Å². The molecular formula is C17H22O8. The maximum atomic E-state index is 11.9. The molecule has 2 saturated heterocycles. The average molecular weight is 354 g/mol. The maximum Gasteiger partial charge on any atom is 0.317 e. The molecule has 2 heterocycles. The van der Waals surface area contributed by atoms with Crippen LogP contribution in [0.4, 0.5) is 0 Å². The summed E-state index contributed by atoms with van der Waals surface area (Å²) < 4.78 is 20.7. The van der Waals surface area contributed by atoms with E-state index in [1.807, 2.05) is 6.92 Å². The number of hydrogen-bond donors (Lipinski definition) is 0. The van der Waals surface area contributed by atoms with E-state index < -0.39 is 48.3 Å². The van der Waals surface area contributed by atoms with Crippen LogP contribution >= 0.6 is 0 Å². The molecule has 1 saturated carbocycles. The Hall–Kier alpha value is -1.96. The summed E-state index contributed by atoms with van der Waals surface area (Å²) in [5.74, 6) is -2.86. The molecule has 0 bridgehead atoms. The molecule has 7 atom stereocenters. The number of hydrogen-bond acceptors (Lipinski definition) is 8. The molecule has 2 aliphatic heterocycles. The minimum Gasteiger partial charge on any atom is -0.436 e. The molecule has 0 aromatic heterocycles. The van der Waals surface area contributed by atoms with E-state index in [2.05, 4.69) is 0 Å². The smallest absolute Gasteiger partial charge is 0.317 e. The Kier molecular flexibility index (Phi) is 4.81. The van der Waals surface area contributed by atoms with Crippen molar-refractivity contribution < 1.29 is 38.1 Å². The predicted molar refractivity (Wildman–Crippen MR) is 80.3 cm³/mol. The second-order valence-corrected chi connectivity index (χ2v) is 7.12. The van der Waals surface area contributed by atoms with Crippen molar-refractivity contribution in [3.63, 3.8) is 0 Å². The van der Waals surface area contributed by atoms with Gasteiger partial charge in [-0.25, -0.2) is 0 Å². The molecule has 0 radical (unpaired) electrons. The van der Waals surface area contributed by atoms with Crippen molar-refractivity contribution in [3.05, 3.63) is 0 Å². The second-order valence-electron chi connectivity index (χ2n) is 7.12. The number of fused-ring (bicyclic) bond motifs is 1. The fourth-order valence-electron chi connectivity index (χ4n) is 4.35. The molecule has 0 aromatic carbocycles. The Labute approximate surface area is 145 Å². The zero-order valence-corrected chi connectivity index (χ0v) is 14.4. The standard InChI is InChI=1S/C17H22O8/c1-7-4-11-12(16(21)25-15(11)20)5-10(7)13-6-14(22-8(2)18)24-17(13)23-9(3)19/h7,10-14,17H,4-6H2,1-3H3. The third kappa shape index (κ3) is 3.53. The molecule has 0 amide bonds. The van der Waals surface area contributed by atoms with Gasteiger partial charge in [0.05, 0.1) is 11.8 Å². The van der Waals surface area contributed by atoms with Crippen LogP contribution in [0.15, 0.2) is 0 Å². The first kappa shape index (κ1) is 17.8. The highest BCUT2D eigenvalue weighted by Crippen LogP contribution is 2.49. The zero-order valence-electron chi connectivity index (χ0n) is 14.4. The highest BCUT2D eigenvalue weighted by atomic mass is 16.8. The topological polar surface area (TPSA) is 105 Å². The van der Waals surface area contributed by atoms with Crippen LogP contribution in [-0.4, -0.2) is 36.5 Å². The predicted octanol–water partition coefficient (Wildman–Crippen LogP) is 1.16. The van der Waals surface area contributed by atoms with Gasteiger partial charge in [0.1, 0.15) is 0 Å². The molecule has 7 unspecified atom stereocenters. The van der Waals surface area contributed by atoms with Crippen molar-refractivity contribution in [1.29, 1.82) is 0 Å². The number of rotatable bonds is 3. The molecule has 0 aromatic rings. The van der Waals surface area contributed by atoms with Crippen molar-refractivity contribution >= 4 is 23.9 Å². The summed E-state index contributed by atoms with van der Waals surface area (Å²) in [5, 5.41) is 0. The lowest BCUT2D eigenvalue weighted by atomic mass is 9.65. The molecule has 1 aliphatic carbocycles. The Morgan fingerprint density at radius 2 is 1.52 bits per heavy atom. The van der Waals surface area contributed by atoms with Gasteiger partial charge in [-0.2, -0.15) is 0 Å². The normalized spacial score (nSPS) is 40.4. The lowest BCUT2D eigenvalue weighted by molar-refractivity contribution is -0.214. The molecular weight excluding hydrogens is 332 g/mol. The summed E-state index contributed by atoms with van der Waals surface area (Å²) in [6.07, 6.45) is -0.225. The van der Waals surface area contributed by atoms with Crippen molar-refractivity contribution in [2.24, 2.45) is 29.6 Å². The highest BCUT2D eigenvalue weighted by Gasteiger charge is 2.54. The zero-order chi connectivity index (χ0) is 18.3. The number of cyclic esters (lactones) is 2. The van der Waals surface area contributed by atoms with Gasteiger partial charge in [0.15, 0.2) is 0 Å². The van der Waals surface area contributed by atoms with E-state index in [1.165, 1.54) is 13.8 Å². The first-order chi connectivity index (χ1) is 11.8. The number of ether oxygens (including phenoxy) is 4. The minimum atomic E-state index is -0.834. The third-order valence-corrected chi connectivity index (χ3v) is 5.40. The number of carbonyl (C=O) groups excluding carboxylic acids is 4. The van der Waals surface area contributed by atoms with E-state index in [9.17, 15) is 19.2 Å². The number of carbonyl (C=O) groups is 4. The summed E-state index contributed by atoms with van der Waals surface area (Å²) in [6, 6.07) is 0. The summed E-state index contributed by atoms with van der Waals surface area (Å²) >= 11 is 0. The molecule has 8 heteroatoms. The first-order valence-electron chi connectivity index (χ1n) is 8.51. The third-order valence-electron chi connectivity index (χ3n) is 5.40. The van der Waals surface area contributed by atoms with Crippen molar-refractivity contribution in [2.45, 2.75) is 52.6 Å². The summed E-state index contributed by atoms with van der Waals surface area (Å²) in [7, 11) is 0. The fourth-order valence-corrected chi connectivity index (χ4v) is 4.35. The van der Waals surface area contributed by atoms with E-state index in [-0.39, 0.29) is 17.8 Å². The number of esters is 4. The van der Waals surface area contributed by atoms with Crippen LogP contribution in [0.2, 0.25) is 0 Å². The van der Waals surface area contributed by atoms with Gasteiger partial charge < -0.3 is 18.9 Å². The Balaban J connectivity index is 1.77. The molecule has 0 N–H and O–H groups in total. The Morgan fingerprint density at radius 1 is 0.920 bits per heavy atom. The van der Waals surface area contributed by atoms with Gasteiger partial charge in [-0.1, -0.05) is 6.92 Å². The summed E-state index contributed by atoms with van der Waals surface area (Å²) in [5.41, 5.74) is 0. The van der Waals surface area contributed by atoms with Crippen LogP contribution in [0.25, 0.3) is 0 Å². The Bertz CT molecular complexity index is 599. The van der Waals surface area contributed by atoms with Crippen LogP contribution in [0, 0.1) is 29.6 Å². The molecule has 138 valence electrons. The molecule has 3 rings (SSSR count). The van der Waals surface area contributed by atoms with Gasteiger partial charge in [-0.05, 0) is 24.7 Å². The van der Waals surface area contributed by atoms with Gasteiger partial charge in [-0.3, -0.25) is 19.2 Å². The SMILES string of the molecule is CC(=O)OC1CC(C2CC3C(=O)OC(=O)C3CC2C)C(OC(C)=O)O1. The van der Waals surface area contributed by atoms with Gasteiger partial charge in [0.2, 0.25) is 12.6 Å². The molecule has 0 spiro atoms. The van der Waals surface area contributed by atoms with Crippen molar-refractivity contribution in [2.75, 3.05) is 0 Å². The maximum absolute atomic E-state index is 11.9. The van der Waals surface area contributed by atoms with Gasteiger partial charge in [0, 0.05) is 26.2 Å². The highest BCUT2D eigenvalue weighted by molar-refractivity contribution is 5.96. The molecule has 8 nitrogen and oxygen atoms in total. The van der Waals surface area contributed by atoms with E-state index in [0.29, 0.717) is 19.3 Å². The minimum absolute atomic E-state index is 0.00962. The van der Waals surface area contributed by atoms with Crippen LogP contribution in [0.1, 0.15) is 40.0 Å². The van der Waals surface area contributed by atoms with Crippen LogP contribution in [-0.2, 0) is 38.1 Å². The quantitative estimate of drug-likeness (QED) is 0.422. The van der Waals surface area contributed by atoms with E-state index in [0.717, 1.165) is 0 Å². The Morgan fingerprint density at radius 3 is 2.12 bits per heavy atom. The van der Waals surface area contributed by atoms with Crippen LogP contribution in [0.3, 0.4) is 0 Å². The largest absolute Gasteiger partial charge is 0.436 e. The fraction of sp³-hybridized carbons (Fsp3) is 0.765. The van der Waals surface area contributed by atoms with Crippen LogP contribution < -0.4 is 0 Å². The van der Waals surface area contributed by atoms with Gasteiger partial charge in [-0.15, -0.1) is 0 Å². The monoisotopic (exact) mass is 354 g/mol. The van der Waals surface area contributed by atoms with Crippen LogP contribution in [0.5, 0.6) is 0 Å². The molecule has 3 fully saturated rings. The lowest BCUT2D eigenvalue weighted by Gasteiger charge is -2.38. The van der Waals surface area contributed by atoms with Gasteiger partial charge in [0.25, 0.3) is 0 Å². The summed E-state index contributed by atoms with van der Waals surface area (Å²) in [4.78, 5) is 46.3. The molecule has 3 aliphatic rings.